The van der Waals surface area contributed by atoms with Gasteiger partial charge in [-0.3, -0.25) is 4.99 Å². The summed E-state index contributed by atoms with van der Waals surface area (Å²) in [4.78, 5) is 7.19. The highest BCUT2D eigenvalue weighted by molar-refractivity contribution is 14.0. The van der Waals surface area contributed by atoms with Crippen molar-refractivity contribution in [3.8, 4) is 5.75 Å². The molecule has 1 unspecified atom stereocenters. The van der Waals surface area contributed by atoms with Gasteiger partial charge in [0, 0.05) is 39.2 Å². The first-order valence-corrected chi connectivity index (χ1v) is 10.0. The summed E-state index contributed by atoms with van der Waals surface area (Å²) in [5.41, 5.74) is 1.30. The molecule has 1 aromatic carbocycles. The Morgan fingerprint density at radius 1 is 1.26 bits per heavy atom. The molecule has 1 aliphatic heterocycles. The molecule has 5 nitrogen and oxygen atoms in total. The highest BCUT2D eigenvalue weighted by Crippen LogP contribution is 2.17. The van der Waals surface area contributed by atoms with Crippen molar-refractivity contribution in [3.05, 3.63) is 29.8 Å². The van der Waals surface area contributed by atoms with Crippen LogP contribution in [0.2, 0.25) is 0 Å². The predicted molar refractivity (Wildman–Crippen MR) is 123 cm³/mol. The molecule has 1 saturated heterocycles. The van der Waals surface area contributed by atoms with Crippen molar-refractivity contribution in [1.82, 2.24) is 10.2 Å². The number of benzene rings is 1. The molecule has 27 heavy (non-hydrogen) atoms. The van der Waals surface area contributed by atoms with Crippen LogP contribution in [-0.4, -0.2) is 57.4 Å². The molecule has 0 spiro atoms. The summed E-state index contributed by atoms with van der Waals surface area (Å²) in [7, 11) is 1.78. The normalized spacial score (nSPS) is 16.9. The van der Waals surface area contributed by atoms with Gasteiger partial charge in [0.1, 0.15) is 5.75 Å². The first kappa shape index (κ1) is 24.0. The number of ether oxygens (including phenoxy) is 2. The second-order valence-electron chi connectivity index (χ2n) is 6.89. The third-order valence-corrected chi connectivity index (χ3v) is 4.67. The summed E-state index contributed by atoms with van der Waals surface area (Å²) in [6.45, 7) is 9.71. The van der Waals surface area contributed by atoms with Crippen molar-refractivity contribution in [2.45, 2.75) is 39.5 Å². The Hall–Kier alpha value is -1.02. The minimum absolute atomic E-state index is 0. The number of unbranched alkanes of at least 4 members (excludes halogenated alkanes) is 1. The molecule has 0 radical (unpaired) electrons. The number of rotatable bonds is 10. The lowest BCUT2D eigenvalue weighted by molar-refractivity contribution is 0.157. The van der Waals surface area contributed by atoms with E-state index in [0.717, 1.165) is 70.4 Å². The first-order chi connectivity index (χ1) is 12.8. The number of likely N-dealkylation sites (tertiary alicyclic amines) is 1. The number of methoxy groups -OCH3 is 1. The number of guanidine groups is 1. The largest absolute Gasteiger partial charge is 0.494 e. The van der Waals surface area contributed by atoms with E-state index in [1.165, 1.54) is 12.0 Å². The van der Waals surface area contributed by atoms with Gasteiger partial charge in [-0.1, -0.05) is 25.5 Å². The van der Waals surface area contributed by atoms with Crippen molar-refractivity contribution in [2.24, 2.45) is 10.9 Å². The lowest BCUT2D eigenvalue weighted by Crippen LogP contribution is -2.40. The zero-order valence-electron chi connectivity index (χ0n) is 17.1. The summed E-state index contributed by atoms with van der Waals surface area (Å²) in [5.74, 6) is 2.61. The van der Waals surface area contributed by atoms with E-state index >= 15 is 0 Å². The first-order valence-electron chi connectivity index (χ1n) is 10.0. The molecule has 0 bridgehead atoms. The topological polar surface area (TPSA) is 46.1 Å². The van der Waals surface area contributed by atoms with E-state index in [1.807, 2.05) is 0 Å². The van der Waals surface area contributed by atoms with Gasteiger partial charge in [0.05, 0.1) is 13.2 Å². The van der Waals surface area contributed by atoms with Gasteiger partial charge < -0.3 is 19.7 Å². The van der Waals surface area contributed by atoms with Crippen LogP contribution in [0.15, 0.2) is 29.3 Å². The van der Waals surface area contributed by atoms with Crippen LogP contribution in [0.1, 0.15) is 38.7 Å². The van der Waals surface area contributed by atoms with Crippen LogP contribution in [0, 0.1) is 5.92 Å². The Bertz CT molecular complexity index is 537. The van der Waals surface area contributed by atoms with Gasteiger partial charge in [-0.15, -0.1) is 24.0 Å². The molecular weight excluding hydrogens is 453 g/mol. The van der Waals surface area contributed by atoms with Crippen molar-refractivity contribution >= 4 is 29.9 Å². The molecule has 1 atom stereocenters. The Morgan fingerprint density at radius 2 is 2.04 bits per heavy atom. The summed E-state index contributed by atoms with van der Waals surface area (Å²) in [6.07, 6.45) is 4.39. The van der Waals surface area contributed by atoms with Gasteiger partial charge in [-0.25, -0.2) is 0 Å². The molecule has 1 N–H and O–H groups in total. The smallest absolute Gasteiger partial charge is 0.193 e. The Labute approximate surface area is 181 Å². The van der Waals surface area contributed by atoms with Gasteiger partial charge in [0.15, 0.2) is 5.96 Å². The molecule has 6 heteroatoms. The maximum absolute atomic E-state index is 5.72. The van der Waals surface area contributed by atoms with Gasteiger partial charge >= 0.3 is 0 Å². The van der Waals surface area contributed by atoms with E-state index < -0.39 is 0 Å². The number of halogens is 1. The van der Waals surface area contributed by atoms with E-state index in [2.05, 4.69) is 48.3 Å². The second kappa shape index (κ2) is 14.0. The van der Waals surface area contributed by atoms with Gasteiger partial charge in [0.25, 0.3) is 0 Å². The minimum atomic E-state index is 0. The van der Waals surface area contributed by atoms with Crippen molar-refractivity contribution in [2.75, 3.05) is 46.5 Å². The molecule has 1 fully saturated rings. The molecule has 1 aliphatic rings. The summed E-state index contributed by atoms with van der Waals surface area (Å²) in [5, 5.41) is 3.43. The Balaban J connectivity index is 0.00000364. The Morgan fingerprint density at radius 3 is 2.70 bits per heavy atom. The van der Waals surface area contributed by atoms with Crippen molar-refractivity contribution in [1.29, 1.82) is 0 Å². The second-order valence-corrected chi connectivity index (χ2v) is 6.89. The molecular formula is C21H36IN3O2. The molecule has 1 heterocycles. The highest BCUT2D eigenvalue weighted by Gasteiger charge is 2.24. The lowest BCUT2D eigenvalue weighted by atomic mass is 10.1. The van der Waals surface area contributed by atoms with E-state index in [-0.39, 0.29) is 24.0 Å². The van der Waals surface area contributed by atoms with E-state index in [4.69, 9.17) is 14.5 Å². The van der Waals surface area contributed by atoms with Crippen molar-refractivity contribution < 1.29 is 9.47 Å². The highest BCUT2D eigenvalue weighted by atomic mass is 127. The van der Waals surface area contributed by atoms with Crippen LogP contribution < -0.4 is 10.1 Å². The Kier molecular flexibility index (Phi) is 12.5. The van der Waals surface area contributed by atoms with Crippen LogP contribution in [0.3, 0.4) is 0 Å². The third-order valence-electron chi connectivity index (χ3n) is 4.67. The minimum Gasteiger partial charge on any atom is -0.494 e. The summed E-state index contributed by atoms with van der Waals surface area (Å²) >= 11 is 0. The van der Waals surface area contributed by atoms with Crippen LogP contribution in [0.5, 0.6) is 5.75 Å². The van der Waals surface area contributed by atoms with E-state index in [9.17, 15) is 0 Å². The van der Waals surface area contributed by atoms with Crippen LogP contribution in [0.4, 0.5) is 0 Å². The van der Waals surface area contributed by atoms with Gasteiger partial charge in [-0.05, 0) is 43.9 Å². The number of nitrogens with zero attached hydrogens (tertiary/aromatic N) is 2. The lowest BCUT2D eigenvalue weighted by Gasteiger charge is -2.21. The fourth-order valence-electron chi connectivity index (χ4n) is 3.20. The maximum Gasteiger partial charge on any atom is 0.193 e. The molecule has 1 aromatic rings. The molecule has 0 aromatic heterocycles. The van der Waals surface area contributed by atoms with E-state index in [0.29, 0.717) is 5.92 Å². The molecule has 0 saturated carbocycles. The average Bonchev–Trinajstić information content (AvgIpc) is 3.11. The number of nitrogens with one attached hydrogen (secondary N) is 1. The van der Waals surface area contributed by atoms with E-state index in [1.54, 1.807) is 7.11 Å². The summed E-state index contributed by atoms with van der Waals surface area (Å²) < 4.78 is 11.0. The quantitative estimate of drug-likeness (QED) is 0.234. The molecule has 2 rings (SSSR count). The zero-order chi connectivity index (χ0) is 18.6. The standard InChI is InChI=1S/C21H35N3O2.HI/c1-4-6-15-26-20-9-7-18(8-10-20)11-13-23-21(22-5-2)24-14-12-19(16-24)17-25-3;/h7-10,19H,4-6,11-17H2,1-3H3,(H,22,23);1H. The van der Waals surface area contributed by atoms with Crippen molar-refractivity contribution in [3.63, 3.8) is 0 Å². The average molecular weight is 489 g/mol. The monoisotopic (exact) mass is 489 g/mol. The van der Waals surface area contributed by atoms with Gasteiger partial charge in [-0.2, -0.15) is 0 Å². The van der Waals surface area contributed by atoms with Crippen LogP contribution in [-0.2, 0) is 11.2 Å². The number of aliphatic imine (C=N–C) groups is 1. The third kappa shape index (κ3) is 8.68. The van der Waals surface area contributed by atoms with Crippen LogP contribution in [0.25, 0.3) is 0 Å². The number of hydrogen-bond donors (Lipinski definition) is 1. The van der Waals surface area contributed by atoms with Gasteiger partial charge in [0.2, 0.25) is 0 Å². The fraction of sp³-hybridized carbons (Fsp3) is 0.667. The predicted octanol–water partition coefficient (Wildman–Crippen LogP) is 3.96. The summed E-state index contributed by atoms with van der Waals surface area (Å²) in [6, 6.07) is 8.42. The zero-order valence-corrected chi connectivity index (χ0v) is 19.4. The maximum atomic E-state index is 5.72. The molecule has 154 valence electrons. The molecule has 0 aliphatic carbocycles. The SMILES string of the molecule is CCCCOc1ccc(CCN=C(NCC)N2CCC(COC)C2)cc1.I. The van der Waals surface area contributed by atoms with Crippen LogP contribution >= 0.6 is 24.0 Å². The molecule has 0 amide bonds. The number of hydrogen-bond acceptors (Lipinski definition) is 3. The fourth-order valence-corrected chi connectivity index (χ4v) is 3.20.